The Bertz CT molecular complexity index is 1420. The average molecular weight is 522 g/mol. The first-order valence-electron chi connectivity index (χ1n) is 14.1. The molecule has 0 amide bonds. The zero-order valence-corrected chi connectivity index (χ0v) is 23.4. The fourth-order valence-electron chi connectivity index (χ4n) is 5.97. The zero-order valence-electron chi connectivity index (χ0n) is 23.4. The molecule has 1 atom stereocenters. The third-order valence-corrected chi connectivity index (χ3v) is 8.29. The maximum Gasteiger partial charge on any atom is 0.206 e. The molecule has 6 heteroatoms. The van der Waals surface area contributed by atoms with Crippen LogP contribution in [-0.4, -0.2) is 54.3 Å². The van der Waals surface area contributed by atoms with Crippen molar-refractivity contribution in [2.75, 3.05) is 44.7 Å². The van der Waals surface area contributed by atoms with Gasteiger partial charge in [0.25, 0.3) is 0 Å². The number of hydrogen-bond donors (Lipinski definition) is 0. The van der Waals surface area contributed by atoms with Gasteiger partial charge in [-0.05, 0) is 49.1 Å². The number of anilines is 1. The minimum atomic E-state index is -0.559. The molecule has 5 rings (SSSR count). The highest BCUT2D eigenvalue weighted by atomic mass is 16.5. The molecule has 3 aromatic carbocycles. The lowest BCUT2D eigenvalue weighted by Crippen LogP contribution is -2.47. The van der Waals surface area contributed by atoms with Crippen LogP contribution < -0.4 is 9.64 Å². The number of nitriles is 1. The maximum atomic E-state index is 10.4. The Morgan fingerprint density at radius 1 is 0.923 bits per heavy atom. The van der Waals surface area contributed by atoms with Gasteiger partial charge in [-0.25, -0.2) is 4.98 Å². The number of para-hydroxylation sites is 3. The fraction of sp³-hybridized carbons (Fsp3) is 0.394. The van der Waals surface area contributed by atoms with E-state index in [1.165, 1.54) is 11.1 Å². The lowest BCUT2D eigenvalue weighted by atomic mass is 9.69. The number of nitrogens with zero attached hydrogens (tertiary/aromatic N) is 5. The van der Waals surface area contributed by atoms with E-state index in [1.54, 1.807) is 7.11 Å². The van der Waals surface area contributed by atoms with E-state index >= 15 is 0 Å². The minimum absolute atomic E-state index is 0.188. The van der Waals surface area contributed by atoms with Crippen molar-refractivity contribution in [3.8, 4) is 11.8 Å². The van der Waals surface area contributed by atoms with Crippen LogP contribution in [0, 0.1) is 17.2 Å². The van der Waals surface area contributed by atoms with Gasteiger partial charge in [0.1, 0.15) is 5.75 Å². The van der Waals surface area contributed by atoms with Crippen LogP contribution in [0.1, 0.15) is 37.8 Å². The summed E-state index contributed by atoms with van der Waals surface area (Å²) >= 11 is 0. The van der Waals surface area contributed by atoms with Gasteiger partial charge in [-0.15, -0.1) is 0 Å². The normalized spacial score (nSPS) is 15.8. The number of fused-ring (bicyclic) bond motifs is 1. The molecule has 0 saturated carbocycles. The highest BCUT2D eigenvalue weighted by Gasteiger charge is 2.38. The maximum absolute atomic E-state index is 10.4. The Balaban J connectivity index is 1.25. The van der Waals surface area contributed by atoms with Gasteiger partial charge in [-0.2, -0.15) is 5.26 Å². The van der Waals surface area contributed by atoms with E-state index in [0.29, 0.717) is 0 Å². The molecular weight excluding hydrogens is 482 g/mol. The Kier molecular flexibility index (Phi) is 8.18. The van der Waals surface area contributed by atoms with Crippen LogP contribution in [0.25, 0.3) is 11.0 Å². The molecule has 1 unspecified atom stereocenters. The van der Waals surface area contributed by atoms with Crippen molar-refractivity contribution in [3.05, 3.63) is 90.0 Å². The number of methoxy groups -OCH3 is 1. The molecule has 0 spiro atoms. The van der Waals surface area contributed by atoms with Crippen molar-refractivity contribution in [1.29, 1.82) is 5.26 Å². The van der Waals surface area contributed by atoms with Crippen molar-refractivity contribution in [2.45, 2.75) is 38.6 Å². The van der Waals surface area contributed by atoms with Crippen molar-refractivity contribution in [2.24, 2.45) is 5.92 Å². The van der Waals surface area contributed by atoms with Crippen LogP contribution >= 0.6 is 0 Å². The number of piperazine rings is 1. The Morgan fingerprint density at radius 3 is 2.33 bits per heavy atom. The molecule has 6 nitrogen and oxygen atoms in total. The molecule has 39 heavy (non-hydrogen) atoms. The molecule has 1 aliphatic heterocycles. The van der Waals surface area contributed by atoms with Gasteiger partial charge in [0.05, 0.1) is 36.2 Å². The zero-order chi connectivity index (χ0) is 27.2. The van der Waals surface area contributed by atoms with Gasteiger partial charge in [0.15, 0.2) is 0 Å². The quantitative estimate of drug-likeness (QED) is 0.252. The van der Waals surface area contributed by atoms with E-state index in [9.17, 15) is 5.26 Å². The third kappa shape index (κ3) is 5.51. The molecule has 0 aliphatic carbocycles. The molecule has 1 aromatic heterocycles. The van der Waals surface area contributed by atoms with Crippen LogP contribution in [0.15, 0.2) is 78.9 Å². The van der Waals surface area contributed by atoms with Gasteiger partial charge in [-0.1, -0.05) is 74.5 Å². The summed E-state index contributed by atoms with van der Waals surface area (Å²) in [6.45, 7) is 9.96. The number of aromatic nitrogens is 2. The topological polar surface area (TPSA) is 57.3 Å². The molecular formula is C33H39N5O. The number of ether oxygens (including phenoxy) is 1. The minimum Gasteiger partial charge on any atom is -0.496 e. The van der Waals surface area contributed by atoms with Gasteiger partial charge >= 0.3 is 0 Å². The largest absolute Gasteiger partial charge is 0.496 e. The molecule has 0 bridgehead atoms. The Morgan fingerprint density at radius 2 is 1.62 bits per heavy atom. The monoisotopic (exact) mass is 521 g/mol. The molecule has 2 heterocycles. The first kappa shape index (κ1) is 26.8. The van der Waals surface area contributed by atoms with Gasteiger partial charge in [-0.3, -0.25) is 4.90 Å². The molecule has 1 saturated heterocycles. The summed E-state index contributed by atoms with van der Waals surface area (Å²) in [4.78, 5) is 10.0. The van der Waals surface area contributed by atoms with Crippen LogP contribution in [0.3, 0.4) is 0 Å². The Hall–Kier alpha value is -3.82. The fourth-order valence-corrected chi connectivity index (χ4v) is 5.97. The summed E-state index contributed by atoms with van der Waals surface area (Å²) in [5, 5.41) is 10.4. The summed E-state index contributed by atoms with van der Waals surface area (Å²) in [6.07, 6.45) is 1.78. The average Bonchev–Trinajstić information content (AvgIpc) is 3.34. The highest BCUT2D eigenvalue weighted by Crippen LogP contribution is 2.41. The van der Waals surface area contributed by atoms with Crippen molar-refractivity contribution < 1.29 is 4.74 Å². The SMILES string of the molecule is COc1ccccc1C(C#N)(CCCN1CCN(c2nc3ccccc3n2Cc2ccccc2)CC1)C(C)C. The first-order chi connectivity index (χ1) is 19.1. The van der Waals surface area contributed by atoms with Crippen molar-refractivity contribution >= 4 is 17.0 Å². The standard InChI is InChI=1S/C33H39N5O/c1-26(2)33(25-34,28-14-7-10-17-31(28)39-3)18-11-19-36-20-22-37(23-21-36)32-35-29-15-8-9-16-30(29)38(32)24-27-12-5-4-6-13-27/h4-10,12-17,26H,11,18-24H2,1-3H3. The molecule has 1 fully saturated rings. The van der Waals surface area contributed by atoms with Crippen LogP contribution in [0.5, 0.6) is 5.75 Å². The molecule has 1 aliphatic rings. The van der Waals surface area contributed by atoms with E-state index in [1.807, 2.05) is 18.2 Å². The first-order valence-corrected chi connectivity index (χ1v) is 14.1. The number of imidazole rings is 1. The van der Waals surface area contributed by atoms with Gasteiger partial charge in [0.2, 0.25) is 5.95 Å². The van der Waals surface area contributed by atoms with E-state index < -0.39 is 5.41 Å². The Labute approximate surface area is 232 Å². The second-order valence-corrected chi connectivity index (χ2v) is 10.8. The smallest absolute Gasteiger partial charge is 0.206 e. The predicted octanol–water partition coefficient (Wildman–Crippen LogP) is 6.11. The van der Waals surface area contributed by atoms with Crippen LogP contribution in [0.2, 0.25) is 0 Å². The number of benzene rings is 3. The molecule has 0 radical (unpaired) electrons. The summed E-state index contributed by atoms with van der Waals surface area (Å²) in [7, 11) is 1.69. The molecule has 202 valence electrons. The molecule has 0 N–H and O–H groups in total. The van der Waals surface area contributed by atoms with Crippen LogP contribution in [0.4, 0.5) is 5.95 Å². The van der Waals surface area contributed by atoms with E-state index in [2.05, 4.69) is 94.9 Å². The summed E-state index contributed by atoms with van der Waals surface area (Å²) in [5.74, 6) is 2.05. The van der Waals surface area contributed by atoms with Crippen LogP contribution in [-0.2, 0) is 12.0 Å². The number of rotatable bonds is 10. The van der Waals surface area contributed by atoms with Crippen molar-refractivity contribution in [1.82, 2.24) is 14.5 Å². The second-order valence-electron chi connectivity index (χ2n) is 10.8. The van der Waals surface area contributed by atoms with E-state index in [-0.39, 0.29) is 5.92 Å². The summed E-state index contributed by atoms with van der Waals surface area (Å²) in [6, 6.07) is 29.8. The lowest BCUT2D eigenvalue weighted by molar-refractivity contribution is 0.236. The van der Waals surface area contributed by atoms with E-state index in [4.69, 9.17) is 9.72 Å². The van der Waals surface area contributed by atoms with Gasteiger partial charge in [0, 0.05) is 31.7 Å². The third-order valence-electron chi connectivity index (χ3n) is 8.29. The second kappa shape index (κ2) is 11.9. The lowest BCUT2D eigenvalue weighted by Gasteiger charge is -2.37. The highest BCUT2D eigenvalue weighted by molar-refractivity contribution is 5.79. The van der Waals surface area contributed by atoms with Crippen molar-refractivity contribution in [3.63, 3.8) is 0 Å². The number of hydrogen-bond acceptors (Lipinski definition) is 5. The molecule has 4 aromatic rings. The van der Waals surface area contributed by atoms with E-state index in [0.717, 1.165) is 74.9 Å². The predicted molar refractivity (Wildman–Crippen MR) is 158 cm³/mol. The summed E-state index contributed by atoms with van der Waals surface area (Å²) < 4.78 is 8.01. The summed E-state index contributed by atoms with van der Waals surface area (Å²) in [5.41, 5.74) is 3.95. The van der Waals surface area contributed by atoms with Gasteiger partial charge < -0.3 is 14.2 Å².